The lowest BCUT2D eigenvalue weighted by atomic mass is 10.1. The average Bonchev–Trinajstić information content (AvgIpc) is 2.88. The highest BCUT2D eigenvalue weighted by atomic mass is 32.2. The highest BCUT2D eigenvalue weighted by Crippen LogP contribution is 2.16. The zero-order chi connectivity index (χ0) is 13.9. The molecule has 0 saturated heterocycles. The van der Waals surface area contributed by atoms with Crippen molar-refractivity contribution in [2.45, 2.75) is 24.4 Å². The number of sulfone groups is 1. The number of nitrogens with one attached hydrogen (secondary N) is 2. The van der Waals surface area contributed by atoms with Gasteiger partial charge in [0.25, 0.3) is 0 Å². The van der Waals surface area contributed by atoms with E-state index in [2.05, 4.69) is 15.3 Å². The molecule has 5 nitrogen and oxygen atoms in total. The fourth-order valence-corrected chi connectivity index (χ4v) is 2.40. The molecule has 0 radical (unpaired) electrons. The smallest absolute Gasteiger partial charge is 0.175 e. The first-order chi connectivity index (χ1) is 8.97. The van der Waals surface area contributed by atoms with Crippen molar-refractivity contribution >= 4 is 9.84 Å². The maximum Gasteiger partial charge on any atom is 0.175 e. The van der Waals surface area contributed by atoms with Crippen LogP contribution in [0.4, 0.5) is 0 Å². The molecule has 0 bridgehead atoms. The first-order valence-electron chi connectivity index (χ1n) is 5.97. The molecule has 102 valence electrons. The van der Waals surface area contributed by atoms with Crippen LogP contribution < -0.4 is 5.32 Å². The Balaban J connectivity index is 2.01. The van der Waals surface area contributed by atoms with Gasteiger partial charge in [-0.2, -0.15) is 0 Å². The molecule has 19 heavy (non-hydrogen) atoms. The topological polar surface area (TPSA) is 74.8 Å². The predicted octanol–water partition coefficient (Wildman–Crippen LogP) is 1.66. The second-order valence-corrected chi connectivity index (χ2v) is 6.54. The van der Waals surface area contributed by atoms with Crippen molar-refractivity contribution in [3.8, 4) is 0 Å². The zero-order valence-corrected chi connectivity index (χ0v) is 11.7. The molecular formula is C13H17N3O2S. The van der Waals surface area contributed by atoms with E-state index < -0.39 is 9.84 Å². The van der Waals surface area contributed by atoms with E-state index >= 15 is 0 Å². The number of aromatic nitrogens is 2. The summed E-state index contributed by atoms with van der Waals surface area (Å²) >= 11 is 0. The molecule has 0 amide bonds. The van der Waals surface area contributed by atoms with E-state index in [-0.39, 0.29) is 6.04 Å². The molecule has 0 fully saturated rings. The summed E-state index contributed by atoms with van der Waals surface area (Å²) in [6, 6.07) is 7.08. The van der Waals surface area contributed by atoms with Crippen LogP contribution >= 0.6 is 0 Å². The Hall–Kier alpha value is -1.66. The Kier molecular flexibility index (Phi) is 4.01. The van der Waals surface area contributed by atoms with E-state index in [1.807, 2.05) is 19.1 Å². The van der Waals surface area contributed by atoms with Crippen molar-refractivity contribution < 1.29 is 8.42 Å². The number of H-pyrrole nitrogens is 1. The maximum atomic E-state index is 11.4. The van der Waals surface area contributed by atoms with Gasteiger partial charge in [-0.25, -0.2) is 13.4 Å². The normalized spacial score (nSPS) is 13.4. The Morgan fingerprint density at radius 1 is 1.32 bits per heavy atom. The van der Waals surface area contributed by atoms with Gasteiger partial charge in [0, 0.05) is 30.7 Å². The van der Waals surface area contributed by atoms with E-state index in [4.69, 9.17) is 0 Å². The van der Waals surface area contributed by atoms with E-state index in [1.165, 1.54) is 6.26 Å². The van der Waals surface area contributed by atoms with Gasteiger partial charge in [0.1, 0.15) is 0 Å². The Bertz CT molecular complexity index is 618. The molecule has 1 aromatic carbocycles. The number of hydrogen-bond donors (Lipinski definition) is 2. The second-order valence-electron chi connectivity index (χ2n) is 4.52. The lowest BCUT2D eigenvalue weighted by Crippen LogP contribution is -2.18. The van der Waals surface area contributed by atoms with Crippen LogP contribution in [0.25, 0.3) is 0 Å². The van der Waals surface area contributed by atoms with Crippen LogP contribution in [-0.4, -0.2) is 24.6 Å². The van der Waals surface area contributed by atoms with Gasteiger partial charge in [-0.1, -0.05) is 12.1 Å². The van der Waals surface area contributed by atoms with Gasteiger partial charge in [0.05, 0.1) is 11.2 Å². The molecule has 0 spiro atoms. The molecule has 0 aliphatic heterocycles. The highest BCUT2D eigenvalue weighted by Gasteiger charge is 2.09. The van der Waals surface area contributed by atoms with Gasteiger partial charge in [-0.3, -0.25) is 0 Å². The van der Waals surface area contributed by atoms with Gasteiger partial charge in [0.15, 0.2) is 9.84 Å². The molecule has 2 rings (SSSR count). The number of nitrogens with zero attached hydrogens (tertiary/aromatic N) is 1. The van der Waals surface area contributed by atoms with E-state index in [0.29, 0.717) is 11.4 Å². The molecule has 0 saturated carbocycles. The third-order valence-electron chi connectivity index (χ3n) is 2.96. The van der Waals surface area contributed by atoms with Crippen LogP contribution in [0.1, 0.15) is 24.2 Å². The summed E-state index contributed by atoms with van der Waals surface area (Å²) in [6.07, 6.45) is 4.62. The van der Waals surface area contributed by atoms with Gasteiger partial charge < -0.3 is 10.3 Å². The minimum absolute atomic E-state index is 0.136. The van der Waals surface area contributed by atoms with Crippen molar-refractivity contribution in [3.63, 3.8) is 0 Å². The minimum atomic E-state index is -3.13. The molecule has 0 aliphatic rings. The lowest BCUT2D eigenvalue weighted by molar-refractivity contribution is 0.568. The van der Waals surface area contributed by atoms with E-state index in [9.17, 15) is 8.42 Å². The highest BCUT2D eigenvalue weighted by molar-refractivity contribution is 7.90. The molecule has 2 N–H and O–H groups in total. The quantitative estimate of drug-likeness (QED) is 0.873. The fourth-order valence-electron chi connectivity index (χ4n) is 1.77. The SMILES string of the molecule is CC(NCc1cnc[nH]1)c1ccc(S(C)(=O)=O)cc1. The summed E-state index contributed by atoms with van der Waals surface area (Å²) in [6.45, 7) is 2.72. The van der Waals surface area contributed by atoms with Crippen molar-refractivity contribution in [2.75, 3.05) is 6.26 Å². The second kappa shape index (κ2) is 5.54. The Morgan fingerprint density at radius 2 is 2.00 bits per heavy atom. The summed E-state index contributed by atoms with van der Waals surface area (Å²) in [7, 11) is -3.13. The molecule has 2 aromatic rings. The summed E-state index contributed by atoms with van der Waals surface area (Å²) < 4.78 is 22.7. The molecule has 0 aliphatic carbocycles. The van der Waals surface area contributed by atoms with Gasteiger partial charge in [0.2, 0.25) is 0 Å². The molecule has 1 atom stereocenters. The van der Waals surface area contributed by atoms with Gasteiger partial charge in [-0.05, 0) is 24.6 Å². The van der Waals surface area contributed by atoms with Crippen molar-refractivity contribution in [3.05, 3.63) is 48.0 Å². The predicted molar refractivity (Wildman–Crippen MR) is 73.4 cm³/mol. The summed E-state index contributed by atoms with van der Waals surface area (Å²) in [4.78, 5) is 7.31. The lowest BCUT2D eigenvalue weighted by Gasteiger charge is -2.13. The van der Waals surface area contributed by atoms with E-state index in [1.54, 1.807) is 24.7 Å². The first-order valence-corrected chi connectivity index (χ1v) is 7.86. The van der Waals surface area contributed by atoms with Crippen LogP contribution in [0.5, 0.6) is 0 Å². The fraction of sp³-hybridized carbons (Fsp3) is 0.308. The minimum Gasteiger partial charge on any atom is -0.347 e. The monoisotopic (exact) mass is 279 g/mol. The number of aromatic amines is 1. The van der Waals surface area contributed by atoms with E-state index in [0.717, 1.165) is 11.3 Å². The summed E-state index contributed by atoms with van der Waals surface area (Å²) in [5, 5.41) is 3.34. The van der Waals surface area contributed by atoms with Crippen LogP contribution in [0.2, 0.25) is 0 Å². The average molecular weight is 279 g/mol. The number of rotatable bonds is 5. The zero-order valence-electron chi connectivity index (χ0n) is 10.9. The van der Waals surface area contributed by atoms with Gasteiger partial charge >= 0.3 is 0 Å². The molecule has 6 heteroatoms. The van der Waals surface area contributed by atoms with Crippen LogP contribution in [0.15, 0.2) is 41.7 Å². The van der Waals surface area contributed by atoms with Crippen molar-refractivity contribution in [1.29, 1.82) is 0 Å². The van der Waals surface area contributed by atoms with Crippen molar-refractivity contribution in [1.82, 2.24) is 15.3 Å². The molecule has 1 heterocycles. The Labute approximate surface area is 113 Å². The number of benzene rings is 1. The summed E-state index contributed by atoms with van der Waals surface area (Å²) in [5.74, 6) is 0. The van der Waals surface area contributed by atoms with Gasteiger partial charge in [-0.15, -0.1) is 0 Å². The van der Waals surface area contributed by atoms with Crippen LogP contribution in [0, 0.1) is 0 Å². The summed E-state index contributed by atoms with van der Waals surface area (Å²) in [5.41, 5.74) is 2.06. The van der Waals surface area contributed by atoms with Crippen LogP contribution in [0.3, 0.4) is 0 Å². The molecular weight excluding hydrogens is 262 g/mol. The Morgan fingerprint density at radius 3 is 2.53 bits per heavy atom. The number of imidazole rings is 1. The standard InChI is InChI=1S/C13H17N3O2S/c1-10(15-8-12-7-14-9-16-12)11-3-5-13(6-4-11)19(2,17)18/h3-7,9-10,15H,8H2,1-2H3,(H,14,16). The number of hydrogen-bond acceptors (Lipinski definition) is 4. The maximum absolute atomic E-state index is 11.4. The molecule has 1 aromatic heterocycles. The largest absolute Gasteiger partial charge is 0.347 e. The third kappa shape index (κ3) is 3.65. The first kappa shape index (κ1) is 13.8. The molecule has 1 unspecified atom stereocenters. The van der Waals surface area contributed by atoms with Crippen LogP contribution in [-0.2, 0) is 16.4 Å². The van der Waals surface area contributed by atoms with Crippen molar-refractivity contribution in [2.24, 2.45) is 0 Å². The third-order valence-corrected chi connectivity index (χ3v) is 4.09.